The Kier molecular flexibility index (Phi) is 4.56. The van der Waals surface area contributed by atoms with Gasteiger partial charge in [0.2, 0.25) is 0 Å². The van der Waals surface area contributed by atoms with E-state index in [0.29, 0.717) is 0 Å². The Morgan fingerprint density at radius 1 is 1.56 bits per heavy atom. The van der Waals surface area contributed by atoms with Crippen molar-refractivity contribution in [3.63, 3.8) is 0 Å². The highest BCUT2D eigenvalue weighted by atomic mass is 32.2. The molecule has 0 aromatic carbocycles. The number of likely N-dealkylation sites (N-methyl/N-ethyl adjacent to an activating group) is 1. The van der Waals surface area contributed by atoms with Crippen LogP contribution in [0.4, 0.5) is 0 Å². The molecule has 0 aliphatic carbocycles. The second kappa shape index (κ2) is 6.18. The predicted octanol–water partition coefficient (Wildman–Crippen LogP) is 1.26. The molecule has 2 rings (SSSR count). The van der Waals surface area contributed by atoms with E-state index in [1.807, 2.05) is 24.2 Å². The van der Waals surface area contributed by atoms with E-state index in [1.165, 1.54) is 0 Å². The summed E-state index contributed by atoms with van der Waals surface area (Å²) >= 11 is 1.95. The van der Waals surface area contributed by atoms with Gasteiger partial charge in [-0.3, -0.25) is 0 Å². The number of hydrogen-bond acceptors (Lipinski definition) is 5. The molecule has 0 saturated carbocycles. The molecule has 2 heterocycles. The van der Waals surface area contributed by atoms with E-state index in [1.54, 1.807) is 6.33 Å². The lowest BCUT2D eigenvalue weighted by Crippen LogP contribution is -2.38. The average Bonchev–Trinajstić information content (AvgIpc) is 2.38. The minimum atomic E-state index is 0.207. The predicted molar refractivity (Wildman–Crippen MR) is 65.5 cm³/mol. The second-order valence-electron chi connectivity index (χ2n) is 3.69. The smallest absolute Gasteiger partial charge is 0.115 e. The molecule has 4 nitrogen and oxygen atoms in total. The molecule has 1 aliphatic heterocycles. The second-order valence-corrected chi connectivity index (χ2v) is 4.84. The number of thioether (sulfide) groups is 1. The highest BCUT2D eigenvalue weighted by molar-refractivity contribution is 7.99. The number of aromatic nitrogens is 2. The van der Waals surface area contributed by atoms with Gasteiger partial charge < -0.3 is 10.1 Å². The van der Waals surface area contributed by atoms with Gasteiger partial charge >= 0.3 is 0 Å². The highest BCUT2D eigenvalue weighted by Crippen LogP contribution is 2.24. The summed E-state index contributed by atoms with van der Waals surface area (Å²) < 4.78 is 5.81. The summed E-state index contributed by atoms with van der Waals surface area (Å²) in [5.74, 6) is 2.13. The molecule has 88 valence electrons. The van der Waals surface area contributed by atoms with Crippen molar-refractivity contribution in [1.82, 2.24) is 15.3 Å². The van der Waals surface area contributed by atoms with Gasteiger partial charge in [0.25, 0.3) is 0 Å². The Hall–Kier alpha value is -0.650. The largest absolute Gasteiger partial charge is 0.375 e. The molecule has 0 bridgehead atoms. The monoisotopic (exact) mass is 239 g/mol. The molecule has 1 N–H and O–H groups in total. The first kappa shape index (κ1) is 11.8. The van der Waals surface area contributed by atoms with E-state index in [-0.39, 0.29) is 12.1 Å². The van der Waals surface area contributed by atoms with Gasteiger partial charge in [-0.15, -0.1) is 0 Å². The molecule has 0 spiro atoms. The molecule has 1 aromatic heterocycles. The zero-order chi connectivity index (χ0) is 11.2. The van der Waals surface area contributed by atoms with Crippen LogP contribution in [0.3, 0.4) is 0 Å². The standard InChI is InChI=1S/C11H17N3OS/c1-2-14-11(9-5-12-8-13-6-9)10-7-16-4-3-15-10/h5-6,8,10-11,14H,2-4,7H2,1H3. The number of ether oxygens (including phenoxy) is 1. The molecule has 0 radical (unpaired) electrons. The first-order valence-corrected chi connectivity index (χ1v) is 6.75. The van der Waals surface area contributed by atoms with Gasteiger partial charge in [-0.05, 0) is 6.54 Å². The van der Waals surface area contributed by atoms with Crippen molar-refractivity contribution in [2.45, 2.75) is 19.1 Å². The van der Waals surface area contributed by atoms with Crippen LogP contribution in [0, 0.1) is 0 Å². The van der Waals surface area contributed by atoms with Crippen molar-refractivity contribution in [3.05, 3.63) is 24.3 Å². The average molecular weight is 239 g/mol. The summed E-state index contributed by atoms with van der Waals surface area (Å²) in [7, 11) is 0. The first-order valence-electron chi connectivity index (χ1n) is 5.59. The maximum absolute atomic E-state index is 5.81. The van der Waals surface area contributed by atoms with Crippen LogP contribution in [0.25, 0.3) is 0 Å². The molecule has 1 aromatic rings. The summed E-state index contributed by atoms with van der Waals surface area (Å²) in [5.41, 5.74) is 1.11. The molecular formula is C11H17N3OS. The number of nitrogens with one attached hydrogen (secondary N) is 1. The molecule has 1 saturated heterocycles. The fourth-order valence-electron chi connectivity index (χ4n) is 1.85. The van der Waals surface area contributed by atoms with Gasteiger partial charge in [-0.1, -0.05) is 6.92 Å². The maximum atomic E-state index is 5.81. The summed E-state index contributed by atoms with van der Waals surface area (Å²) in [6.07, 6.45) is 5.51. The van der Waals surface area contributed by atoms with Gasteiger partial charge in [0.15, 0.2) is 0 Å². The molecule has 1 fully saturated rings. The van der Waals surface area contributed by atoms with Crippen molar-refractivity contribution >= 4 is 11.8 Å². The van der Waals surface area contributed by atoms with Crippen molar-refractivity contribution in [1.29, 1.82) is 0 Å². The Morgan fingerprint density at radius 2 is 2.38 bits per heavy atom. The Labute approximate surface area is 100 Å². The quantitative estimate of drug-likeness (QED) is 0.857. The Morgan fingerprint density at radius 3 is 3.00 bits per heavy atom. The molecule has 0 amide bonds. The van der Waals surface area contributed by atoms with Gasteiger partial charge in [0.1, 0.15) is 6.33 Å². The van der Waals surface area contributed by atoms with E-state index in [9.17, 15) is 0 Å². The van der Waals surface area contributed by atoms with Crippen LogP contribution in [0.1, 0.15) is 18.5 Å². The third kappa shape index (κ3) is 2.93. The number of nitrogens with zero attached hydrogens (tertiary/aromatic N) is 2. The number of hydrogen-bond donors (Lipinski definition) is 1. The fraction of sp³-hybridized carbons (Fsp3) is 0.636. The zero-order valence-corrected chi connectivity index (χ0v) is 10.2. The van der Waals surface area contributed by atoms with E-state index in [0.717, 1.165) is 30.2 Å². The van der Waals surface area contributed by atoms with Crippen LogP contribution >= 0.6 is 11.8 Å². The molecule has 5 heteroatoms. The van der Waals surface area contributed by atoms with Crippen LogP contribution in [0.2, 0.25) is 0 Å². The summed E-state index contributed by atoms with van der Waals surface area (Å²) in [6, 6.07) is 0.207. The minimum Gasteiger partial charge on any atom is -0.375 e. The molecular weight excluding hydrogens is 222 g/mol. The van der Waals surface area contributed by atoms with Crippen LogP contribution in [0.5, 0.6) is 0 Å². The van der Waals surface area contributed by atoms with Crippen LogP contribution in [-0.2, 0) is 4.74 Å². The van der Waals surface area contributed by atoms with E-state index < -0.39 is 0 Å². The fourth-order valence-corrected chi connectivity index (χ4v) is 2.76. The van der Waals surface area contributed by atoms with Crippen molar-refractivity contribution in [2.75, 3.05) is 24.7 Å². The van der Waals surface area contributed by atoms with Crippen molar-refractivity contribution < 1.29 is 4.74 Å². The van der Waals surface area contributed by atoms with Gasteiger partial charge in [-0.2, -0.15) is 11.8 Å². The van der Waals surface area contributed by atoms with Crippen LogP contribution in [0.15, 0.2) is 18.7 Å². The topological polar surface area (TPSA) is 47.0 Å². The molecule has 2 unspecified atom stereocenters. The SMILES string of the molecule is CCNC(c1cncnc1)C1CSCCO1. The summed E-state index contributed by atoms with van der Waals surface area (Å²) in [4.78, 5) is 8.14. The van der Waals surface area contributed by atoms with E-state index >= 15 is 0 Å². The van der Waals surface area contributed by atoms with Crippen molar-refractivity contribution in [3.8, 4) is 0 Å². The van der Waals surface area contributed by atoms with Gasteiger partial charge in [0.05, 0.1) is 18.8 Å². The van der Waals surface area contributed by atoms with Crippen LogP contribution < -0.4 is 5.32 Å². The lowest BCUT2D eigenvalue weighted by atomic mass is 10.1. The van der Waals surface area contributed by atoms with Gasteiger partial charge in [0, 0.05) is 29.5 Å². The minimum absolute atomic E-state index is 0.207. The van der Waals surface area contributed by atoms with E-state index in [2.05, 4.69) is 22.2 Å². The third-order valence-electron chi connectivity index (χ3n) is 2.58. The van der Waals surface area contributed by atoms with Crippen molar-refractivity contribution in [2.24, 2.45) is 0 Å². The summed E-state index contributed by atoms with van der Waals surface area (Å²) in [6.45, 7) is 3.86. The Balaban J connectivity index is 2.09. The normalized spacial score (nSPS) is 22.9. The van der Waals surface area contributed by atoms with Crippen LogP contribution in [-0.4, -0.2) is 40.7 Å². The lowest BCUT2D eigenvalue weighted by molar-refractivity contribution is 0.0470. The third-order valence-corrected chi connectivity index (χ3v) is 3.60. The lowest BCUT2D eigenvalue weighted by Gasteiger charge is -2.30. The molecule has 1 aliphatic rings. The molecule has 16 heavy (non-hydrogen) atoms. The zero-order valence-electron chi connectivity index (χ0n) is 9.43. The van der Waals surface area contributed by atoms with E-state index in [4.69, 9.17) is 4.74 Å². The Bertz CT molecular complexity index is 303. The molecule has 2 atom stereocenters. The number of rotatable bonds is 4. The highest BCUT2D eigenvalue weighted by Gasteiger charge is 2.25. The summed E-state index contributed by atoms with van der Waals surface area (Å²) in [5, 5.41) is 3.45. The maximum Gasteiger partial charge on any atom is 0.115 e. The van der Waals surface area contributed by atoms with Gasteiger partial charge in [-0.25, -0.2) is 9.97 Å². The first-order chi connectivity index (χ1) is 7.92.